The number of unbranched alkanes of at least 4 members (excludes halogenated alkanes) is 14. The fraction of sp³-hybridized carbons (Fsp3) is 0.759. The van der Waals surface area contributed by atoms with Gasteiger partial charge >= 0.3 is 0 Å². The molecule has 1 heterocycles. The van der Waals surface area contributed by atoms with Crippen molar-refractivity contribution >= 4 is 5.84 Å². The molecule has 0 fully saturated rings. The van der Waals surface area contributed by atoms with E-state index in [1.54, 1.807) is 0 Å². The summed E-state index contributed by atoms with van der Waals surface area (Å²) < 4.78 is 0.874. The van der Waals surface area contributed by atoms with Crippen LogP contribution in [0.4, 0.5) is 0 Å². The standard InChI is InChI=1S/C29H51N2O.NO3/c1-2-3-4-5-6-7-8-9-10-11-12-13-14-15-19-22-29-30-23-24-31(29,25-26-32)27-28-20-17-16-18-21-28;2-1(3)4/h16-18,20-21,32H,2-15,19,22-27H2,1H3;/q+1;-1. The van der Waals surface area contributed by atoms with Crippen molar-refractivity contribution in [2.45, 2.75) is 116 Å². The first kappa shape index (κ1) is 32.0. The summed E-state index contributed by atoms with van der Waals surface area (Å²) >= 11 is 0. The summed E-state index contributed by atoms with van der Waals surface area (Å²) in [6, 6.07) is 10.7. The number of rotatable bonds is 20. The van der Waals surface area contributed by atoms with Gasteiger partial charge in [-0.2, -0.15) is 0 Å². The van der Waals surface area contributed by atoms with Gasteiger partial charge in [0.1, 0.15) is 19.6 Å². The van der Waals surface area contributed by atoms with Crippen LogP contribution in [0.5, 0.6) is 0 Å². The number of hydrogen-bond donors (Lipinski definition) is 1. The summed E-state index contributed by atoms with van der Waals surface area (Å²) in [5.74, 6) is 1.33. The van der Waals surface area contributed by atoms with Gasteiger partial charge in [0.15, 0.2) is 5.84 Å². The molecule has 0 bridgehead atoms. The van der Waals surface area contributed by atoms with Crippen LogP contribution in [0, 0.1) is 15.3 Å². The molecule has 1 N–H and O–H groups in total. The Balaban J connectivity index is 0.00000150. The summed E-state index contributed by atoms with van der Waals surface area (Å²) in [6.07, 6.45) is 22.2. The summed E-state index contributed by atoms with van der Waals surface area (Å²) in [5.41, 5.74) is 1.35. The zero-order valence-corrected chi connectivity index (χ0v) is 22.7. The van der Waals surface area contributed by atoms with Gasteiger partial charge < -0.3 is 20.4 Å². The van der Waals surface area contributed by atoms with Crippen molar-refractivity contribution in [2.24, 2.45) is 4.99 Å². The molecule has 0 radical (unpaired) electrons. The Hall–Kier alpha value is -1.99. The van der Waals surface area contributed by atoms with E-state index in [2.05, 4.69) is 37.3 Å². The number of aliphatic hydroxyl groups is 1. The Morgan fingerprint density at radius 3 is 1.78 bits per heavy atom. The molecule has 2 rings (SSSR count). The Labute approximate surface area is 219 Å². The highest BCUT2D eigenvalue weighted by Gasteiger charge is 2.37. The first-order valence-electron chi connectivity index (χ1n) is 14.4. The molecule has 1 atom stereocenters. The zero-order chi connectivity index (χ0) is 26.3. The molecule has 1 unspecified atom stereocenters. The van der Waals surface area contributed by atoms with Gasteiger partial charge in [0.2, 0.25) is 0 Å². The van der Waals surface area contributed by atoms with E-state index in [9.17, 15) is 5.11 Å². The highest BCUT2D eigenvalue weighted by atomic mass is 16.9. The predicted molar refractivity (Wildman–Crippen MR) is 149 cm³/mol. The van der Waals surface area contributed by atoms with Crippen LogP contribution in [0.15, 0.2) is 35.3 Å². The number of amidine groups is 1. The summed E-state index contributed by atoms with van der Waals surface area (Å²) in [6.45, 7) is 6.26. The van der Waals surface area contributed by atoms with E-state index < -0.39 is 5.09 Å². The first-order valence-corrected chi connectivity index (χ1v) is 14.4. The Morgan fingerprint density at radius 2 is 1.31 bits per heavy atom. The molecule has 0 amide bonds. The molecule has 0 aliphatic carbocycles. The molecule has 0 spiro atoms. The van der Waals surface area contributed by atoms with Crippen molar-refractivity contribution in [1.82, 2.24) is 0 Å². The lowest BCUT2D eigenvalue weighted by atomic mass is 10.0. The van der Waals surface area contributed by atoms with Gasteiger partial charge in [0.25, 0.3) is 0 Å². The van der Waals surface area contributed by atoms with Gasteiger partial charge in [-0.1, -0.05) is 127 Å². The number of aliphatic hydroxyl groups excluding tert-OH is 1. The molecule has 0 saturated carbocycles. The van der Waals surface area contributed by atoms with Gasteiger partial charge in [-0.05, 0) is 6.42 Å². The third kappa shape index (κ3) is 15.2. The minimum Gasteiger partial charge on any atom is -0.390 e. The van der Waals surface area contributed by atoms with E-state index in [4.69, 9.17) is 20.3 Å². The molecule has 36 heavy (non-hydrogen) atoms. The van der Waals surface area contributed by atoms with Crippen LogP contribution in [-0.2, 0) is 6.54 Å². The average molecular weight is 506 g/mol. The number of nitrogens with zero attached hydrogens (tertiary/aromatic N) is 3. The summed E-state index contributed by atoms with van der Waals surface area (Å²) in [4.78, 5) is 13.1. The Bertz CT molecular complexity index is 695. The smallest absolute Gasteiger partial charge is 0.198 e. The minimum atomic E-state index is -1.75. The highest BCUT2D eigenvalue weighted by molar-refractivity contribution is 5.76. The largest absolute Gasteiger partial charge is 0.390 e. The van der Waals surface area contributed by atoms with Crippen molar-refractivity contribution in [2.75, 3.05) is 26.2 Å². The normalized spacial score (nSPS) is 16.9. The van der Waals surface area contributed by atoms with Gasteiger partial charge in [0.05, 0.1) is 18.2 Å². The molecule has 1 aromatic rings. The molecular weight excluding hydrogens is 454 g/mol. The van der Waals surface area contributed by atoms with Crippen molar-refractivity contribution in [3.8, 4) is 0 Å². The molecular formula is C29H51N3O4. The lowest BCUT2D eigenvalue weighted by molar-refractivity contribution is -0.850. The number of benzene rings is 1. The lowest BCUT2D eigenvalue weighted by Gasteiger charge is -2.34. The highest BCUT2D eigenvalue weighted by Crippen LogP contribution is 2.24. The summed E-state index contributed by atoms with van der Waals surface area (Å²) in [7, 11) is 0. The SMILES string of the molecule is CCCCCCCCCCCCCCCCCC1=NCC[N+]1(CCO)Cc1ccccc1.O=[N+]([O-])[O-]. The van der Waals surface area contributed by atoms with Crippen molar-refractivity contribution < 1.29 is 14.7 Å². The van der Waals surface area contributed by atoms with Gasteiger partial charge in [-0.15, -0.1) is 0 Å². The quantitative estimate of drug-likeness (QED) is 0.0862. The van der Waals surface area contributed by atoms with Gasteiger partial charge in [-0.3, -0.25) is 4.48 Å². The average Bonchev–Trinajstić information content (AvgIpc) is 3.23. The Morgan fingerprint density at radius 1 is 0.833 bits per heavy atom. The number of quaternary nitrogens is 1. The molecule has 0 saturated heterocycles. The second-order valence-electron chi connectivity index (χ2n) is 10.2. The molecule has 1 aliphatic rings. The fourth-order valence-electron chi connectivity index (χ4n) is 5.23. The van der Waals surface area contributed by atoms with Crippen LogP contribution in [0.25, 0.3) is 0 Å². The third-order valence-electron chi connectivity index (χ3n) is 7.23. The third-order valence-corrected chi connectivity index (χ3v) is 7.23. The van der Waals surface area contributed by atoms with E-state index in [1.807, 2.05) is 0 Å². The lowest BCUT2D eigenvalue weighted by Crippen LogP contribution is -2.51. The van der Waals surface area contributed by atoms with Crippen LogP contribution < -0.4 is 0 Å². The Kier molecular flexibility index (Phi) is 18.8. The first-order chi connectivity index (χ1) is 17.5. The maximum Gasteiger partial charge on any atom is 0.198 e. The van der Waals surface area contributed by atoms with Crippen LogP contribution in [0.1, 0.15) is 115 Å². The van der Waals surface area contributed by atoms with Crippen LogP contribution >= 0.6 is 0 Å². The molecule has 1 aromatic carbocycles. The molecule has 206 valence electrons. The maximum atomic E-state index is 9.72. The maximum absolute atomic E-state index is 9.72. The molecule has 7 heteroatoms. The zero-order valence-electron chi connectivity index (χ0n) is 22.7. The molecule has 7 nitrogen and oxygen atoms in total. The monoisotopic (exact) mass is 505 g/mol. The second-order valence-corrected chi connectivity index (χ2v) is 10.2. The van der Waals surface area contributed by atoms with Crippen LogP contribution in [-0.4, -0.2) is 46.8 Å². The number of hydrogen-bond acceptors (Lipinski definition) is 5. The van der Waals surface area contributed by atoms with Gasteiger partial charge in [0, 0.05) is 12.0 Å². The minimum absolute atomic E-state index is 0.241. The topological polar surface area (TPSA) is 98.8 Å². The van der Waals surface area contributed by atoms with E-state index in [-0.39, 0.29) is 6.61 Å². The predicted octanol–water partition coefficient (Wildman–Crippen LogP) is 7.43. The van der Waals surface area contributed by atoms with Crippen LogP contribution in [0.3, 0.4) is 0 Å². The van der Waals surface area contributed by atoms with E-state index in [1.165, 1.54) is 108 Å². The van der Waals surface area contributed by atoms with E-state index >= 15 is 0 Å². The molecule has 0 aromatic heterocycles. The summed E-state index contributed by atoms with van der Waals surface area (Å²) in [5, 5.41) is 24.5. The van der Waals surface area contributed by atoms with E-state index in [0.717, 1.165) is 37.1 Å². The van der Waals surface area contributed by atoms with E-state index in [0.29, 0.717) is 0 Å². The fourth-order valence-corrected chi connectivity index (χ4v) is 5.23. The molecule has 1 aliphatic heterocycles. The second kappa shape index (κ2) is 21.1. The van der Waals surface area contributed by atoms with Crippen molar-refractivity contribution in [3.05, 3.63) is 51.2 Å². The van der Waals surface area contributed by atoms with Crippen LogP contribution in [0.2, 0.25) is 0 Å². The van der Waals surface area contributed by atoms with Crippen molar-refractivity contribution in [1.29, 1.82) is 0 Å². The van der Waals surface area contributed by atoms with Gasteiger partial charge in [-0.25, -0.2) is 4.99 Å². The van der Waals surface area contributed by atoms with Crippen molar-refractivity contribution in [3.63, 3.8) is 0 Å². The number of aliphatic imine (C=N–C) groups is 1.